The Morgan fingerprint density at radius 2 is 1.91 bits per heavy atom. The van der Waals surface area contributed by atoms with E-state index in [0.717, 1.165) is 12.1 Å². The molecule has 0 fully saturated rings. The van der Waals surface area contributed by atoms with Crippen LogP contribution >= 0.6 is 12.2 Å². The summed E-state index contributed by atoms with van der Waals surface area (Å²) in [7, 11) is 0. The number of carboxylic acid groups (broad SMARTS) is 1. The van der Waals surface area contributed by atoms with Gasteiger partial charge in [-0.2, -0.15) is 0 Å². The molecule has 0 aliphatic carbocycles. The van der Waals surface area contributed by atoms with E-state index in [4.69, 9.17) is 17.3 Å². The number of anilines is 1. The normalized spacial score (nSPS) is 11.3. The molecule has 1 amide bonds. The fourth-order valence-electron chi connectivity index (χ4n) is 1.87. The summed E-state index contributed by atoms with van der Waals surface area (Å²) in [6.07, 6.45) is 1.84. The van der Waals surface area contributed by atoms with Crippen LogP contribution in [0.25, 0.3) is 0 Å². The Bertz CT molecular complexity index is 508. The summed E-state index contributed by atoms with van der Waals surface area (Å²) < 4.78 is 0. The first kappa shape index (κ1) is 17.9. The van der Waals surface area contributed by atoms with Crippen LogP contribution in [0.3, 0.4) is 0 Å². The highest BCUT2D eigenvalue weighted by molar-refractivity contribution is 7.80. The Morgan fingerprint density at radius 1 is 1.23 bits per heavy atom. The van der Waals surface area contributed by atoms with E-state index in [1.54, 1.807) is 0 Å². The monoisotopic (exact) mass is 323 g/mol. The van der Waals surface area contributed by atoms with Gasteiger partial charge in [-0.3, -0.25) is 4.79 Å². The van der Waals surface area contributed by atoms with Gasteiger partial charge in [0.2, 0.25) is 5.91 Å². The van der Waals surface area contributed by atoms with Crippen molar-refractivity contribution in [2.45, 2.75) is 32.2 Å². The summed E-state index contributed by atoms with van der Waals surface area (Å²) >= 11 is 5.16. The number of para-hydroxylation sites is 1. The second-order valence-electron chi connectivity index (χ2n) is 4.83. The van der Waals surface area contributed by atoms with Crippen LogP contribution in [0.2, 0.25) is 0 Å². The van der Waals surface area contributed by atoms with Crippen molar-refractivity contribution >= 4 is 34.9 Å². The SMILES string of the molecule is CC(=O)N[C@@H](CCCCNC(=S)Nc1ccccc1)C(=O)O. The third-order valence-corrected chi connectivity index (χ3v) is 3.16. The molecule has 0 radical (unpaired) electrons. The Kier molecular flexibility index (Phi) is 7.91. The molecule has 4 N–H and O–H groups in total. The van der Waals surface area contributed by atoms with Gasteiger partial charge >= 0.3 is 5.97 Å². The van der Waals surface area contributed by atoms with Gasteiger partial charge in [-0.15, -0.1) is 0 Å². The molecule has 0 heterocycles. The Balaban J connectivity index is 2.17. The molecule has 0 spiro atoms. The number of unbranched alkanes of at least 4 members (excludes halogenated alkanes) is 1. The lowest BCUT2D eigenvalue weighted by atomic mass is 10.1. The molecule has 120 valence electrons. The number of nitrogens with one attached hydrogen (secondary N) is 3. The standard InChI is InChI=1S/C15H21N3O3S/c1-11(19)17-13(14(20)21)9-5-6-10-16-15(22)18-12-7-3-2-4-8-12/h2-4,7-8,13H,5-6,9-10H2,1H3,(H,17,19)(H,20,21)(H2,16,18,22)/t13-/m0/s1. The fraction of sp³-hybridized carbons (Fsp3) is 0.400. The highest BCUT2D eigenvalue weighted by Gasteiger charge is 2.17. The number of amides is 1. The van der Waals surface area contributed by atoms with Crippen molar-refractivity contribution < 1.29 is 14.7 Å². The lowest BCUT2D eigenvalue weighted by Gasteiger charge is -2.13. The van der Waals surface area contributed by atoms with Gasteiger partial charge < -0.3 is 21.1 Å². The molecule has 0 aliphatic rings. The number of benzene rings is 1. The van der Waals surface area contributed by atoms with Crippen LogP contribution in [0.4, 0.5) is 5.69 Å². The van der Waals surface area contributed by atoms with E-state index in [9.17, 15) is 9.59 Å². The van der Waals surface area contributed by atoms with Gasteiger partial charge in [0.1, 0.15) is 6.04 Å². The van der Waals surface area contributed by atoms with Crippen LogP contribution in [0, 0.1) is 0 Å². The largest absolute Gasteiger partial charge is 0.480 e. The minimum absolute atomic E-state index is 0.334. The van der Waals surface area contributed by atoms with Gasteiger partial charge in [-0.05, 0) is 43.6 Å². The second-order valence-corrected chi connectivity index (χ2v) is 5.24. The molecule has 0 unspecified atom stereocenters. The average molecular weight is 323 g/mol. The Hall–Kier alpha value is -2.15. The molecule has 7 heteroatoms. The number of carbonyl (C=O) groups is 2. The van der Waals surface area contributed by atoms with E-state index in [-0.39, 0.29) is 5.91 Å². The van der Waals surface area contributed by atoms with Gasteiger partial charge in [0.05, 0.1) is 0 Å². The number of hydrogen-bond acceptors (Lipinski definition) is 3. The van der Waals surface area contributed by atoms with Gasteiger partial charge in [-0.1, -0.05) is 18.2 Å². The lowest BCUT2D eigenvalue weighted by molar-refractivity contribution is -0.141. The number of aliphatic carboxylic acids is 1. The molecule has 0 aromatic heterocycles. The van der Waals surface area contributed by atoms with Crippen molar-refractivity contribution in [3.8, 4) is 0 Å². The van der Waals surface area contributed by atoms with Crippen molar-refractivity contribution in [2.24, 2.45) is 0 Å². The van der Waals surface area contributed by atoms with Crippen molar-refractivity contribution in [1.82, 2.24) is 10.6 Å². The topological polar surface area (TPSA) is 90.5 Å². The Labute approximate surface area is 135 Å². The summed E-state index contributed by atoms with van der Waals surface area (Å²) in [4.78, 5) is 21.8. The molecule has 1 atom stereocenters. The van der Waals surface area contributed by atoms with E-state index in [1.165, 1.54) is 6.92 Å². The molecule has 0 saturated carbocycles. The minimum atomic E-state index is -1.01. The van der Waals surface area contributed by atoms with Gasteiger partial charge in [0.25, 0.3) is 0 Å². The molecular weight excluding hydrogens is 302 g/mol. The van der Waals surface area contributed by atoms with Crippen LogP contribution in [0.15, 0.2) is 30.3 Å². The fourth-order valence-corrected chi connectivity index (χ4v) is 2.09. The number of carboxylic acids is 1. The molecule has 0 saturated heterocycles. The Morgan fingerprint density at radius 3 is 2.50 bits per heavy atom. The molecule has 1 aromatic rings. The molecule has 0 aliphatic heterocycles. The maximum absolute atomic E-state index is 10.9. The molecule has 0 bridgehead atoms. The number of thiocarbonyl (C=S) groups is 1. The molecule has 1 aromatic carbocycles. The first-order valence-electron chi connectivity index (χ1n) is 7.09. The van der Waals surface area contributed by atoms with Gasteiger partial charge in [-0.25, -0.2) is 4.79 Å². The predicted octanol–water partition coefficient (Wildman–Crippen LogP) is 1.73. The van der Waals surface area contributed by atoms with Gasteiger partial charge in [0, 0.05) is 19.2 Å². The average Bonchev–Trinajstić information content (AvgIpc) is 2.46. The van der Waals surface area contributed by atoms with Crippen molar-refractivity contribution in [3.63, 3.8) is 0 Å². The van der Waals surface area contributed by atoms with E-state index >= 15 is 0 Å². The van der Waals surface area contributed by atoms with Crippen LogP contribution < -0.4 is 16.0 Å². The first-order chi connectivity index (χ1) is 10.5. The number of hydrogen-bond donors (Lipinski definition) is 4. The zero-order valence-corrected chi connectivity index (χ0v) is 13.3. The molecule has 6 nitrogen and oxygen atoms in total. The summed E-state index contributed by atoms with van der Waals surface area (Å²) in [5.41, 5.74) is 0.914. The zero-order chi connectivity index (χ0) is 16.4. The summed E-state index contributed by atoms with van der Waals surface area (Å²) in [6.45, 7) is 1.95. The van der Waals surface area contributed by atoms with Crippen molar-refractivity contribution in [3.05, 3.63) is 30.3 Å². The van der Waals surface area contributed by atoms with E-state index in [1.807, 2.05) is 30.3 Å². The predicted molar refractivity (Wildman–Crippen MR) is 89.8 cm³/mol. The van der Waals surface area contributed by atoms with Crippen LogP contribution in [-0.2, 0) is 9.59 Å². The minimum Gasteiger partial charge on any atom is -0.480 e. The van der Waals surface area contributed by atoms with Crippen molar-refractivity contribution in [1.29, 1.82) is 0 Å². The van der Waals surface area contributed by atoms with Crippen molar-refractivity contribution in [2.75, 3.05) is 11.9 Å². The smallest absolute Gasteiger partial charge is 0.326 e. The summed E-state index contributed by atoms with van der Waals surface area (Å²) in [6, 6.07) is 8.76. The lowest BCUT2D eigenvalue weighted by Crippen LogP contribution is -2.39. The van der Waals surface area contributed by atoms with Crippen LogP contribution in [0.5, 0.6) is 0 Å². The molecule has 22 heavy (non-hydrogen) atoms. The van der Waals surface area contributed by atoms with Crippen LogP contribution in [-0.4, -0.2) is 34.7 Å². The third kappa shape index (κ3) is 7.58. The second kappa shape index (κ2) is 9.73. The summed E-state index contributed by atoms with van der Waals surface area (Å²) in [5.74, 6) is -1.34. The first-order valence-corrected chi connectivity index (χ1v) is 7.49. The summed E-state index contributed by atoms with van der Waals surface area (Å²) in [5, 5.41) is 18.0. The van der Waals surface area contributed by atoms with Crippen LogP contribution in [0.1, 0.15) is 26.2 Å². The highest BCUT2D eigenvalue weighted by atomic mass is 32.1. The molecular formula is C15H21N3O3S. The number of rotatable bonds is 8. The zero-order valence-electron chi connectivity index (χ0n) is 12.5. The van der Waals surface area contributed by atoms with E-state index in [0.29, 0.717) is 24.5 Å². The quantitative estimate of drug-likeness (QED) is 0.430. The van der Waals surface area contributed by atoms with E-state index < -0.39 is 12.0 Å². The highest BCUT2D eigenvalue weighted by Crippen LogP contribution is 2.05. The maximum atomic E-state index is 10.9. The maximum Gasteiger partial charge on any atom is 0.326 e. The molecule has 1 rings (SSSR count). The number of carbonyl (C=O) groups excluding carboxylic acids is 1. The van der Waals surface area contributed by atoms with Gasteiger partial charge in [0.15, 0.2) is 5.11 Å². The van der Waals surface area contributed by atoms with E-state index in [2.05, 4.69) is 16.0 Å². The third-order valence-electron chi connectivity index (χ3n) is 2.91.